The van der Waals surface area contributed by atoms with Crippen molar-refractivity contribution in [2.75, 3.05) is 52.5 Å². The number of hydrogen-bond acceptors (Lipinski definition) is 12. The van der Waals surface area contributed by atoms with Crippen LogP contribution in [0, 0.1) is 0 Å². The minimum absolute atomic E-state index is 0.107. The number of anilines is 8. The third-order valence-electron chi connectivity index (χ3n) is 4.70. The molecule has 13 heteroatoms. The molecule has 0 spiro atoms. The minimum atomic E-state index is -2.86. The maximum absolute atomic E-state index is 6.17. The molecule has 2 aromatic rings. The number of ether oxygens (including phenoxy) is 2. The summed E-state index contributed by atoms with van der Waals surface area (Å²) in [6.45, 7) is 0.335. The summed E-state index contributed by atoms with van der Waals surface area (Å²) in [6, 6.07) is 0. The fraction of sp³-hybridized carbons (Fsp3) is 0.250. The Labute approximate surface area is 174 Å². The molecule has 1 atom stereocenters. The second-order valence-electron chi connectivity index (χ2n) is 6.54. The molecule has 2 aliphatic rings. The second-order valence-corrected chi connectivity index (χ2v) is 10.2. The van der Waals surface area contributed by atoms with Crippen molar-refractivity contribution in [1.82, 2.24) is 0 Å². The van der Waals surface area contributed by atoms with Gasteiger partial charge < -0.3 is 0 Å². The van der Waals surface area contributed by atoms with E-state index in [4.69, 9.17) is 61.5 Å². The Bertz CT molecular complexity index is 1020. The number of nitrogen functional groups attached to an aromatic ring is 8. The van der Waals surface area contributed by atoms with Crippen molar-refractivity contribution in [3.05, 3.63) is 0 Å². The normalized spacial score (nSPS) is 18.9. The molecule has 0 aromatic heterocycles. The number of rotatable bonds is 0. The van der Waals surface area contributed by atoms with E-state index in [1.54, 1.807) is 0 Å². The van der Waals surface area contributed by atoms with Crippen LogP contribution in [0.15, 0.2) is 0 Å². The van der Waals surface area contributed by atoms with Gasteiger partial charge in [0.1, 0.15) is 0 Å². The first-order chi connectivity index (χ1) is 13.7. The fourth-order valence-electron chi connectivity index (χ4n) is 2.97. The molecule has 158 valence electrons. The molecule has 2 aliphatic heterocycles. The first-order valence-electron chi connectivity index (χ1n) is 8.59. The standard InChI is InChI=1S/C16H23IN8O4/c18-5-7(20)11(24)15-13(9(5)22)26-3-1-2-4-17(28-15)29-16-12(25)8(21)6(19)10(23)14(16)27-4/h4H,1-3,18-25H2. The van der Waals surface area contributed by atoms with Gasteiger partial charge in [-0.25, -0.2) is 0 Å². The zero-order valence-corrected chi connectivity index (χ0v) is 17.5. The Hall–Kier alpha value is -3.23. The van der Waals surface area contributed by atoms with Crippen LogP contribution in [-0.4, -0.2) is 10.7 Å². The van der Waals surface area contributed by atoms with E-state index in [1.807, 2.05) is 0 Å². The average Bonchev–Trinajstić information content (AvgIpc) is 2.80. The van der Waals surface area contributed by atoms with Crippen molar-refractivity contribution in [3.8, 4) is 23.0 Å². The molecular weight excluding hydrogens is 495 g/mol. The SMILES string of the molecule is Nc1c(N)c(N)c2c(c1N)OCCCC1Oc3c(N)c(N)c(N)c(N)c3OI1O2. The van der Waals surface area contributed by atoms with Crippen LogP contribution in [0.5, 0.6) is 23.0 Å². The summed E-state index contributed by atoms with van der Waals surface area (Å²) in [5, 5.41) is 0. The first kappa shape index (κ1) is 19.1. The van der Waals surface area contributed by atoms with Crippen LogP contribution < -0.4 is 61.5 Å². The van der Waals surface area contributed by atoms with Crippen LogP contribution >= 0.6 is 20.6 Å². The van der Waals surface area contributed by atoms with Gasteiger partial charge in [0.2, 0.25) is 0 Å². The quantitative estimate of drug-likeness (QED) is 0.138. The van der Waals surface area contributed by atoms with Crippen LogP contribution in [-0.2, 0) is 0 Å². The number of fused-ring (bicyclic) bond motifs is 3. The summed E-state index contributed by atoms with van der Waals surface area (Å²) in [5.41, 5.74) is 49.2. The average molecular weight is 518 g/mol. The Kier molecular flexibility index (Phi) is 4.40. The van der Waals surface area contributed by atoms with Gasteiger partial charge >= 0.3 is 174 Å². The topological polar surface area (TPSA) is 245 Å². The number of benzene rings is 2. The number of nitrogens with two attached hydrogens (primary N) is 8. The third-order valence-corrected chi connectivity index (χ3v) is 8.47. The van der Waals surface area contributed by atoms with E-state index in [2.05, 4.69) is 0 Å². The van der Waals surface area contributed by atoms with Gasteiger partial charge in [0.05, 0.1) is 0 Å². The van der Waals surface area contributed by atoms with Crippen molar-refractivity contribution in [2.24, 2.45) is 0 Å². The molecule has 0 saturated heterocycles. The van der Waals surface area contributed by atoms with Gasteiger partial charge in [0, 0.05) is 0 Å². The van der Waals surface area contributed by atoms with E-state index in [9.17, 15) is 0 Å². The summed E-state index contributed by atoms with van der Waals surface area (Å²) in [5.74, 6) is 0.854. The molecule has 12 nitrogen and oxygen atoms in total. The summed E-state index contributed by atoms with van der Waals surface area (Å²) < 4.78 is 23.8. The number of halogens is 1. The van der Waals surface area contributed by atoms with E-state index < -0.39 is 24.8 Å². The number of hydrogen-bond donors (Lipinski definition) is 8. The molecule has 0 radical (unpaired) electrons. The molecule has 2 heterocycles. The molecule has 0 bridgehead atoms. The van der Waals surface area contributed by atoms with Crippen LogP contribution in [0.25, 0.3) is 0 Å². The van der Waals surface area contributed by atoms with Gasteiger partial charge in [-0.2, -0.15) is 0 Å². The van der Waals surface area contributed by atoms with Gasteiger partial charge in [-0.1, -0.05) is 0 Å². The van der Waals surface area contributed by atoms with E-state index in [-0.39, 0.29) is 68.5 Å². The summed E-state index contributed by atoms with van der Waals surface area (Å²) in [4.78, 5) is 0. The van der Waals surface area contributed by atoms with Crippen LogP contribution in [0.4, 0.5) is 45.5 Å². The van der Waals surface area contributed by atoms with Crippen LogP contribution in [0.2, 0.25) is 0 Å². The van der Waals surface area contributed by atoms with Crippen molar-refractivity contribution < 1.29 is 15.6 Å². The molecule has 2 aromatic carbocycles. The van der Waals surface area contributed by atoms with Gasteiger partial charge in [0.15, 0.2) is 0 Å². The monoisotopic (exact) mass is 518 g/mol. The molecule has 4 rings (SSSR count). The Morgan fingerprint density at radius 1 is 0.586 bits per heavy atom. The number of alkyl halides is 1. The molecule has 29 heavy (non-hydrogen) atoms. The second kappa shape index (κ2) is 6.68. The van der Waals surface area contributed by atoms with E-state index in [0.29, 0.717) is 19.4 Å². The van der Waals surface area contributed by atoms with Crippen molar-refractivity contribution >= 4 is 66.1 Å². The Morgan fingerprint density at radius 2 is 1.03 bits per heavy atom. The van der Waals surface area contributed by atoms with Crippen LogP contribution in [0.3, 0.4) is 0 Å². The van der Waals surface area contributed by atoms with Gasteiger partial charge in [-0.15, -0.1) is 0 Å². The fourth-order valence-corrected chi connectivity index (χ4v) is 6.78. The van der Waals surface area contributed by atoms with Crippen molar-refractivity contribution in [2.45, 2.75) is 17.0 Å². The molecule has 0 fully saturated rings. The predicted molar refractivity (Wildman–Crippen MR) is 123 cm³/mol. The third kappa shape index (κ3) is 2.80. The van der Waals surface area contributed by atoms with Crippen molar-refractivity contribution in [1.29, 1.82) is 0 Å². The van der Waals surface area contributed by atoms with Gasteiger partial charge in [-0.3, -0.25) is 0 Å². The Morgan fingerprint density at radius 3 is 1.59 bits per heavy atom. The molecule has 0 saturated carbocycles. The summed E-state index contributed by atoms with van der Waals surface area (Å²) in [6.07, 6.45) is 1.20. The van der Waals surface area contributed by atoms with E-state index in [1.165, 1.54) is 0 Å². The zero-order valence-electron chi connectivity index (χ0n) is 15.3. The summed E-state index contributed by atoms with van der Waals surface area (Å²) in [7, 11) is 0. The molecule has 0 amide bonds. The van der Waals surface area contributed by atoms with Gasteiger partial charge in [0.25, 0.3) is 0 Å². The van der Waals surface area contributed by atoms with Crippen LogP contribution in [0.1, 0.15) is 12.8 Å². The predicted octanol–water partition coefficient (Wildman–Crippen LogP) is 1.03. The first-order valence-corrected chi connectivity index (χ1v) is 11.6. The molecule has 0 aliphatic carbocycles. The van der Waals surface area contributed by atoms with E-state index in [0.717, 1.165) is 0 Å². The molecule has 16 N–H and O–H groups in total. The van der Waals surface area contributed by atoms with E-state index >= 15 is 0 Å². The molecule has 1 unspecified atom stereocenters. The zero-order chi connectivity index (χ0) is 21.0. The Balaban J connectivity index is 1.82. The molecular formula is C16H23IN8O4. The van der Waals surface area contributed by atoms with Crippen molar-refractivity contribution in [3.63, 3.8) is 0 Å². The maximum atomic E-state index is 6.17. The summed E-state index contributed by atoms with van der Waals surface area (Å²) >= 11 is -2.86. The van der Waals surface area contributed by atoms with Gasteiger partial charge in [-0.05, 0) is 0 Å².